The number of hydrogen-bond acceptors (Lipinski definition) is 3. The Balaban J connectivity index is 1.89. The first-order valence-electron chi connectivity index (χ1n) is 6.88. The Morgan fingerprint density at radius 3 is 2.58 bits per heavy atom. The Morgan fingerprint density at radius 2 is 1.95 bits per heavy atom. The molecule has 0 spiro atoms. The summed E-state index contributed by atoms with van der Waals surface area (Å²) in [5.41, 5.74) is 7.06. The molecule has 2 rings (SSSR count). The van der Waals surface area contributed by atoms with Gasteiger partial charge in [0.05, 0.1) is 0 Å². The maximum Gasteiger partial charge on any atom is 0.303 e. The molecule has 0 radical (unpaired) electrons. The van der Waals surface area contributed by atoms with Gasteiger partial charge in [0.2, 0.25) is 0 Å². The summed E-state index contributed by atoms with van der Waals surface area (Å²) in [6.45, 7) is 0. The molecular weight excluding hydrogens is 242 g/mol. The predicted molar refractivity (Wildman–Crippen MR) is 73.3 cm³/mol. The Labute approximate surface area is 113 Å². The quantitative estimate of drug-likeness (QED) is 0.855. The first-order chi connectivity index (χ1) is 9.15. The standard InChI is InChI=1S/C15H21NO3/c16-13-3-1-2-4-14(13)19-12-8-5-11(6-9-12)7-10-15(17)18/h5-6,8-9,13-14H,1-4,7,10,16H2,(H,17,18). The molecule has 104 valence electrons. The van der Waals surface area contributed by atoms with Gasteiger partial charge in [-0.25, -0.2) is 0 Å². The molecule has 1 aliphatic rings. The van der Waals surface area contributed by atoms with E-state index in [0.29, 0.717) is 6.42 Å². The maximum absolute atomic E-state index is 10.5. The van der Waals surface area contributed by atoms with Gasteiger partial charge in [0, 0.05) is 12.5 Å². The van der Waals surface area contributed by atoms with Crippen LogP contribution in [0.4, 0.5) is 0 Å². The highest BCUT2D eigenvalue weighted by molar-refractivity contribution is 5.67. The second-order valence-electron chi connectivity index (χ2n) is 5.14. The van der Waals surface area contributed by atoms with Gasteiger partial charge < -0.3 is 15.6 Å². The smallest absolute Gasteiger partial charge is 0.303 e. The van der Waals surface area contributed by atoms with Crippen molar-refractivity contribution in [2.75, 3.05) is 0 Å². The number of carboxylic acids is 1. The summed E-state index contributed by atoms with van der Waals surface area (Å²) in [5.74, 6) is 0.0509. The Bertz CT molecular complexity index is 416. The number of hydrogen-bond donors (Lipinski definition) is 2. The van der Waals surface area contributed by atoms with E-state index in [1.165, 1.54) is 12.8 Å². The molecule has 0 aromatic heterocycles. The molecule has 1 aromatic rings. The van der Waals surface area contributed by atoms with Gasteiger partial charge in [-0.1, -0.05) is 18.6 Å². The zero-order valence-electron chi connectivity index (χ0n) is 11.0. The number of aliphatic carboxylic acids is 1. The van der Waals surface area contributed by atoms with Crippen LogP contribution in [0.3, 0.4) is 0 Å². The van der Waals surface area contributed by atoms with Gasteiger partial charge in [0.1, 0.15) is 11.9 Å². The van der Waals surface area contributed by atoms with Crippen LogP contribution in [0.25, 0.3) is 0 Å². The van der Waals surface area contributed by atoms with Crippen molar-refractivity contribution in [3.8, 4) is 5.75 Å². The molecule has 0 saturated heterocycles. The number of ether oxygens (including phenoxy) is 1. The van der Waals surface area contributed by atoms with Gasteiger partial charge in [-0.15, -0.1) is 0 Å². The van der Waals surface area contributed by atoms with Crippen molar-refractivity contribution in [2.24, 2.45) is 5.73 Å². The van der Waals surface area contributed by atoms with Gasteiger partial charge in [0.25, 0.3) is 0 Å². The van der Waals surface area contributed by atoms with E-state index >= 15 is 0 Å². The molecule has 0 aliphatic heterocycles. The first kappa shape index (κ1) is 13.9. The fraction of sp³-hybridized carbons (Fsp3) is 0.533. The van der Waals surface area contributed by atoms with Crippen molar-refractivity contribution in [1.82, 2.24) is 0 Å². The molecule has 0 bridgehead atoms. The molecule has 1 aliphatic carbocycles. The van der Waals surface area contributed by atoms with E-state index in [-0.39, 0.29) is 18.6 Å². The van der Waals surface area contributed by atoms with E-state index in [2.05, 4.69) is 0 Å². The molecule has 0 heterocycles. The molecule has 1 saturated carbocycles. The number of carboxylic acid groups (broad SMARTS) is 1. The summed E-state index contributed by atoms with van der Waals surface area (Å²) < 4.78 is 5.91. The molecule has 19 heavy (non-hydrogen) atoms. The van der Waals surface area contributed by atoms with Crippen LogP contribution in [-0.4, -0.2) is 23.2 Å². The van der Waals surface area contributed by atoms with Crippen molar-refractivity contribution in [2.45, 2.75) is 50.7 Å². The Morgan fingerprint density at radius 1 is 1.26 bits per heavy atom. The number of aryl methyl sites for hydroxylation is 1. The zero-order chi connectivity index (χ0) is 13.7. The minimum absolute atomic E-state index is 0.110. The SMILES string of the molecule is NC1CCCCC1Oc1ccc(CCC(=O)O)cc1. The topological polar surface area (TPSA) is 72.5 Å². The second-order valence-corrected chi connectivity index (χ2v) is 5.14. The van der Waals surface area contributed by atoms with Crippen LogP contribution in [-0.2, 0) is 11.2 Å². The lowest BCUT2D eigenvalue weighted by Gasteiger charge is -2.29. The van der Waals surface area contributed by atoms with Crippen LogP contribution in [0.15, 0.2) is 24.3 Å². The third-order valence-corrected chi connectivity index (χ3v) is 3.59. The molecule has 1 aromatic carbocycles. The maximum atomic E-state index is 10.5. The van der Waals surface area contributed by atoms with Crippen molar-refractivity contribution in [3.63, 3.8) is 0 Å². The summed E-state index contributed by atoms with van der Waals surface area (Å²) in [4.78, 5) is 10.5. The lowest BCUT2D eigenvalue weighted by Crippen LogP contribution is -2.41. The number of benzene rings is 1. The van der Waals surface area contributed by atoms with E-state index < -0.39 is 5.97 Å². The van der Waals surface area contributed by atoms with E-state index in [1.807, 2.05) is 24.3 Å². The second kappa shape index (κ2) is 6.57. The van der Waals surface area contributed by atoms with Crippen molar-refractivity contribution < 1.29 is 14.6 Å². The first-order valence-corrected chi connectivity index (χ1v) is 6.88. The summed E-state index contributed by atoms with van der Waals surface area (Å²) in [6.07, 6.45) is 5.23. The molecule has 3 N–H and O–H groups in total. The van der Waals surface area contributed by atoms with Gasteiger partial charge in [-0.2, -0.15) is 0 Å². The average molecular weight is 263 g/mol. The lowest BCUT2D eigenvalue weighted by atomic mass is 9.93. The van der Waals surface area contributed by atoms with E-state index in [9.17, 15) is 4.79 Å². The van der Waals surface area contributed by atoms with Crippen molar-refractivity contribution in [3.05, 3.63) is 29.8 Å². The summed E-state index contributed by atoms with van der Waals surface area (Å²) in [6, 6.07) is 7.77. The monoisotopic (exact) mass is 263 g/mol. The lowest BCUT2D eigenvalue weighted by molar-refractivity contribution is -0.136. The molecule has 0 amide bonds. The molecule has 2 atom stereocenters. The van der Waals surface area contributed by atoms with Gasteiger partial charge in [-0.3, -0.25) is 4.79 Å². The third-order valence-electron chi connectivity index (χ3n) is 3.59. The highest BCUT2D eigenvalue weighted by Crippen LogP contribution is 2.23. The van der Waals surface area contributed by atoms with Crippen LogP contribution in [0.1, 0.15) is 37.7 Å². The van der Waals surface area contributed by atoms with Crippen LogP contribution >= 0.6 is 0 Å². The molecule has 1 fully saturated rings. The molecule has 4 nitrogen and oxygen atoms in total. The third kappa shape index (κ3) is 4.24. The number of nitrogens with two attached hydrogens (primary N) is 1. The van der Waals surface area contributed by atoms with Crippen molar-refractivity contribution >= 4 is 5.97 Å². The minimum atomic E-state index is -0.770. The van der Waals surface area contributed by atoms with Crippen molar-refractivity contribution in [1.29, 1.82) is 0 Å². The van der Waals surface area contributed by atoms with Crippen LogP contribution < -0.4 is 10.5 Å². The largest absolute Gasteiger partial charge is 0.489 e. The van der Waals surface area contributed by atoms with E-state index in [1.54, 1.807) is 0 Å². The van der Waals surface area contributed by atoms with Gasteiger partial charge >= 0.3 is 5.97 Å². The fourth-order valence-corrected chi connectivity index (χ4v) is 2.43. The minimum Gasteiger partial charge on any atom is -0.489 e. The number of carbonyl (C=O) groups is 1. The fourth-order valence-electron chi connectivity index (χ4n) is 2.43. The Hall–Kier alpha value is -1.55. The van der Waals surface area contributed by atoms with Crippen LogP contribution in [0.5, 0.6) is 5.75 Å². The van der Waals surface area contributed by atoms with Gasteiger partial charge in [0.15, 0.2) is 0 Å². The predicted octanol–water partition coefficient (Wildman–Crippen LogP) is 2.35. The normalized spacial score (nSPS) is 23.0. The van der Waals surface area contributed by atoms with Gasteiger partial charge in [-0.05, 0) is 43.4 Å². The molecule has 4 heteroatoms. The summed E-state index contributed by atoms with van der Waals surface area (Å²) >= 11 is 0. The summed E-state index contributed by atoms with van der Waals surface area (Å²) in [5, 5.41) is 8.64. The highest BCUT2D eigenvalue weighted by atomic mass is 16.5. The summed E-state index contributed by atoms with van der Waals surface area (Å²) in [7, 11) is 0. The molecular formula is C15H21NO3. The van der Waals surface area contributed by atoms with E-state index in [0.717, 1.165) is 24.2 Å². The van der Waals surface area contributed by atoms with E-state index in [4.69, 9.17) is 15.6 Å². The zero-order valence-corrected chi connectivity index (χ0v) is 11.0. The van der Waals surface area contributed by atoms with Crippen LogP contribution in [0.2, 0.25) is 0 Å². The molecule has 2 unspecified atom stereocenters. The average Bonchev–Trinajstić information content (AvgIpc) is 2.40. The Kier molecular flexibility index (Phi) is 4.80. The highest BCUT2D eigenvalue weighted by Gasteiger charge is 2.23. The number of rotatable bonds is 5. The van der Waals surface area contributed by atoms with Crippen LogP contribution in [0, 0.1) is 0 Å².